The Morgan fingerprint density at radius 1 is 1.32 bits per heavy atom. The van der Waals surface area contributed by atoms with Crippen LogP contribution in [0.4, 0.5) is 5.82 Å². The number of nitrogens with two attached hydrogens (primary N) is 1. The van der Waals surface area contributed by atoms with Gasteiger partial charge in [0, 0.05) is 18.0 Å². The van der Waals surface area contributed by atoms with Gasteiger partial charge in [-0.3, -0.25) is 10.1 Å². The summed E-state index contributed by atoms with van der Waals surface area (Å²) in [5.74, 6) is 2.70. The molecule has 146 valence electrons. The van der Waals surface area contributed by atoms with E-state index < -0.39 is 5.41 Å². The van der Waals surface area contributed by atoms with E-state index in [-0.39, 0.29) is 6.04 Å². The second kappa shape index (κ2) is 7.34. The summed E-state index contributed by atoms with van der Waals surface area (Å²) in [5.41, 5.74) is 7.23. The summed E-state index contributed by atoms with van der Waals surface area (Å²) in [6.07, 6.45) is 8.45. The number of aromatic amines is 1. The fourth-order valence-corrected chi connectivity index (χ4v) is 4.19. The molecule has 1 aliphatic rings. The van der Waals surface area contributed by atoms with Gasteiger partial charge in [0.15, 0.2) is 11.5 Å². The molecule has 0 saturated heterocycles. The highest BCUT2D eigenvalue weighted by molar-refractivity contribution is 7.99. The first-order chi connectivity index (χ1) is 13.5. The second-order valence-corrected chi connectivity index (χ2v) is 8.22. The van der Waals surface area contributed by atoms with Crippen molar-refractivity contribution >= 4 is 35.0 Å². The van der Waals surface area contributed by atoms with E-state index in [2.05, 4.69) is 50.1 Å². The van der Waals surface area contributed by atoms with Gasteiger partial charge in [-0.25, -0.2) is 19.9 Å². The molecule has 0 amide bonds. The molecular weight excluding hydrogens is 374 g/mol. The predicted octanol–water partition coefficient (Wildman–Crippen LogP) is 2.48. The Labute approximate surface area is 167 Å². The zero-order valence-electron chi connectivity index (χ0n) is 16.1. The van der Waals surface area contributed by atoms with Crippen LogP contribution in [0.1, 0.15) is 38.0 Å². The molecule has 1 aliphatic heterocycles. The van der Waals surface area contributed by atoms with Gasteiger partial charge in [-0.1, -0.05) is 17.8 Å². The van der Waals surface area contributed by atoms with Crippen molar-refractivity contribution in [2.45, 2.75) is 43.8 Å². The molecular formula is C18H23N9S. The fraction of sp³-hybridized carbons (Fsp3) is 0.444. The molecule has 3 aromatic heterocycles. The SMILES string of the molecule is Cc1nc(SCCC2(c3nc(N)c4ncn(C(C)C)c4n3)C=CC=NC2)n[nH]1. The maximum atomic E-state index is 6.24. The van der Waals surface area contributed by atoms with E-state index in [1.54, 1.807) is 18.1 Å². The molecule has 1 unspecified atom stereocenters. The van der Waals surface area contributed by atoms with Gasteiger partial charge in [0.05, 0.1) is 18.3 Å². The summed E-state index contributed by atoms with van der Waals surface area (Å²) in [7, 11) is 0. The first-order valence-electron chi connectivity index (χ1n) is 9.18. The minimum Gasteiger partial charge on any atom is -0.382 e. The number of allylic oxidation sites excluding steroid dienone is 1. The number of rotatable bonds is 6. The number of anilines is 1. The normalized spacial score (nSPS) is 19.1. The van der Waals surface area contributed by atoms with Crippen LogP contribution in [-0.4, -0.2) is 53.2 Å². The molecule has 0 spiro atoms. The fourth-order valence-electron chi connectivity index (χ4n) is 3.23. The Hall–Kier alpha value is -2.75. The van der Waals surface area contributed by atoms with Crippen LogP contribution in [-0.2, 0) is 5.41 Å². The lowest BCUT2D eigenvalue weighted by Gasteiger charge is -2.29. The van der Waals surface area contributed by atoms with Gasteiger partial charge < -0.3 is 10.3 Å². The number of hydrogen-bond acceptors (Lipinski definition) is 8. The summed E-state index contributed by atoms with van der Waals surface area (Å²) in [6.45, 7) is 6.66. The van der Waals surface area contributed by atoms with Crippen molar-refractivity contribution in [2.24, 2.45) is 4.99 Å². The van der Waals surface area contributed by atoms with Gasteiger partial charge in [0.25, 0.3) is 0 Å². The quantitative estimate of drug-likeness (QED) is 0.612. The highest BCUT2D eigenvalue weighted by Crippen LogP contribution is 2.34. The molecule has 1 atom stereocenters. The average molecular weight is 398 g/mol. The standard InChI is InChI=1S/C18H23N9S/c1-11(2)27-10-21-13-14(19)23-16(24-15(13)27)18(5-4-7-20-9-18)6-8-28-17-22-12(3)25-26-17/h4-5,7,10-11H,6,8-9H2,1-3H3,(H2,19,23,24)(H,22,25,26). The lowest BCUT2D eigenvalue weighted by molar-refractivity contribution is 0.497. The number of nitrogens with one attached hydrogen (secondary N) is 1. The summed E-state index contributed by atoms with van der Waals surface area (Å²) in [4.78, 5) is 22.7. The topological polar surface area (TPSA) is 124 Å². The molecule has 3 N–H and O–H groups in total. The molecule has 0 aromatic carbocycles. The monoisotopic (exact) mass is 397 g/mol. The van der Waals surface area contributed by atoms with Crippen molar-refractivity contribution in [3.63, 3.8) is 0 Å². The molecule has 0 saturated carbocycles. The Morgan fingerprint density at radius 3 is 2.86 bits per heavy atom. The van der Waals surface area contributed by atoms with Crippen molar-refractivity contribution in [3.8, 4) is 0 Å². The molecule has 28 heavy (non-hydrogen) atoms. The molecule has 0 aliphatic carbocycles. The molecule has 10 heteroatoms. The van der Waals surface area contributed by atoms with E-state index in [0.29, 0.717) is 23.7 Å². The number of aryl methyl sites for hydroxylation is 1. The summed E-state index contributed by atoms with van der Waals surface area (Å²) < 4.78 is 2.02. The largest absolute Gasteiger partial charge is 0.382 e. The van der Waals surface area contributed by atoms with E-state index in [4.69, 9.17) is 10.7 Å². The predicted molar refractivity (Wildman–Crippen MR) is 111 cm³/mol. The minimum absolute atomic E-state index is 0.229. The number of aliphatic imine (C=N–C) groups is 1. The Morgan fingerprint density at radius 2 is 2.18 bits per heavy atom. The lowest BCUT2D eigenvalue weighted by Crippen LogP contribution is -2.33. The number of dihydropyridines is 1. The van der Waals surface area contributed by atoms with Crippen LogP contribution in [0.2, 0.25) is 0 Å². The van der Waals surface area contributed by atoms with E-state index in [9.17, 15) is 0 Å². The number of nitrogen functional groups attached to an aromatic ring is 1. The van der Waals surface area contributed by atoms with Crippen LogP contribution >= 0.6 is 11.8 Å². The van der Waals surface area contributed by atoms with E-state index in [1.807, 2.05) is 23.8 Å². The van der Waals surface area contributed by atoms with E-state index in [1.165, 1.54) is 0 Å². The smallest absolute Gasteiger partial charge is 0.208 e. The number of H-pyrrole nitrogens is 1. The van der Waals surface area contributed by atoms with Crippen LogP contribution in [0.25, 0.3) is 11.2 Å². The van der Waals surface area contributed by atoms with Crippen LogP contribution in [0.15, 0.2) is 28.6 Å². The summed E-state index contributed by atoms with van der Waals surface area (Å²) in [5, 5.41) is 7.80. The number of fused-ring (bicyclic) bond motifs is 1. The van der Waals surface area contributed by atoms with Crippen LogP contribution in [0, 0.1) is 6.92 Å². The van der Waals surface area contributed by atoms with Gasteiger partial charge in [0.2, 0.25) is 5.16 Å². The third kappa shape index (κ3) is 3.39. The number of nitrogens with zero attached hydrogens (tertiary/aromatic N) is 7. The van der Waals surface area contributed by atoms with Crippen LogP contribution in [0.5, 0.6) is 0 Å². The van der Waals surface area contributed by atoms with Crippen LogP contribution in [0.3, 0.4) is 0 Å². The van der Waals surface area contributed by atoms with Crippen LogP contribution < -0.4 is 5.73 Å². The van der Waals surface area contributed by atoms with Gasteiger partial charge in [-0.2, -0.15) is 0 Å². The summed E-state index contributed by atoms with van der Waals surface area (Å²) in [6, 6.07) is 0.229. The third-order valence-electron chi connectivity index (χ3n) is 4.79. The minimum atomic E-state index is -0.415. The van der Waals surface area contributed by atoms with Gasteiger partial charge >= 0.3 is 0 Å². The highest BCUT2D eigenvalue weighted by atomic mass is 32.2. The molecule has 0 radical (unpaired) electrons. The molecule has 9 nitrogen and oxygen atoms in total. The number of hydrogen-bond donors (Lipinski definition) is 2. The maximum absolute atomic E-state index is 6.24. The second-order valence-electron chi connectivity index (χ2n) is 7.16. The van der Waals surface area contributed by atoms with Crippen molar-refractivity contribution in [3.05, 3.63) is 30.1 Å². The van der Waals surface area contributed by atoms with Gasteiger partial charge in [-0.15, -0.1) is 5.10 Å². The van der Waals surface area contributed by atoms with Crippen molar-refractivity contribution in [1.82, 2.24) is 34.7 Å². The maximum Gasteiger partial charge on any atom is 0.208 e. The number of imidazole rings is 1. The summed E-state index contributed by atoms with van der Waals surface area (Å²) >= 11 is 1.60. The Balaban J connectivity index is 1.68. The van der Waals surface area contributed by atoms with Gasteiger partial charge in [-0.05, 0) is 33.3 Å². The van der Waals surface area contributed by atoms with E-state index >= 15 is 0 Å². The molecule has 3 aromatic rings. The molecule has 4 heterocycles. The number of thioether (sulfide) groups is 1. The lowest BCUT2D eigenvalue weighted by atomic mass is 9.82. The Bertz CT molecular complexity index is 1050. The van der Waals surface area contributed by atoms with Crippen molar-refractivity contribution < 1.29 is 0 Å². The molecule has 0 fully saturated rings. The van der Waals surface area contributed by atoms with Crippen molar-refractivity contribution in [1.29, 1.82) is 0 Å². The first kappa shape index (κ1) is 18.6. The average Bonchev–Trinajstić information content (AvgIpc) is 3.29. The number of aromatic nitrogens is 7. The molecule has 4 rings (SSSR count). The molecule has 0 bridgehead atoms. The first-order valence-corrected chi connectivity index (χ1v) is 10.2. The van der Waals surface area contributed by atoms with Crippen molar-refractivity contribution in [2.75, 3.05) is 18.0 Å². The van der Waals surface area contributed by atoms with E-state index in [0.717, 1.165) is 28.8 Å². The Kier molecular flexibility index (Phi) is 4.88. The highest BCUT2D eigenvalue weighted by Gasteiger charge is 2.34. The third-order valence-corrected chi connectivity index (χ3v) is 5.64. The zero-order chi connectivity index (χ0) is 19.7. The van der Waals surface area contributed by atoms with Gasteiger partial charge in [0.1, 0.15) is 17.2 Å². The zero-order valence-corrected chi connectivity index (χ0v) is 16.9.